The second-order valence-corrected chi connectivity index (χ2v) is 8.65. The summed E-state index contributed by atoms with van der Waals surface area (Å²) in [4.78, 5) is 31.4. The van der Waals surface area contributed by atoms with Gasteiger partial charge >= 0.3 is 5.97 Å². The molecule has 3 aromatic heterocycles. The van der Waals surface area contributed by atoms with Crippen LogP contribution in [0, 0.1) is 0 Å². The molecule has 1 N–H and O–H groups in total. The highest BCUT2D eigenvalue weighted by Crippen LogP contribution is 2.29. The van der Waals surface area contributed by atoms with Crippen molar-refractivity contribution in [2.45, 2.75) is 12.5 Å². The van der Waals surface area contributed by atoms with Gasteiger partial charge in [0.2, 0.25) is 0 Å². The normalized spacial score (nSPS) is 12.4. The zero-order chi connectivity index (χ0) is 19.0. The average Bonchev–Trinajstić information content (AvgIpc) is 3.33. The number of aromatic nitrogens is 2. The van der Waals surface area contributed by atoms with E-state index in [1.165, 1.54) is 18.4 Å². The fourth-order valence-electron chi connectivity index (χ4n) is 2.79. The Hall–Kier alpha value is -2.23. The molecule has 1 atom stereocenters. The Balaban J connectivity index is 1.61. The summed E-state index contributed by atoms with van der Waals surface area (Å²) in [6.07, 6.45) is 1.99. The summed E-state index contributed by atoms with van der Waals surface area (Å²) in [7, 11) is 1.34. The third-order valence-electron chi connectivity index (χ3n) is 4.14. The molecule has 1 unspecified atom stereocenters. The number of carbonyl (C=O) groups excluding carboxylic acids is 2. The van der Waals surface area contributed by atoms with Gasteiger partial charge in [0.1, 0.15) is 4.83 Å². The van der Waals surface area contributed by atoms with Crippen molar-refractivity contribution in [2.24, 2.45) is 0 Å². The van der Waals surface area contributed by atoms with Crippen molar-refractivity contribution in [3.8, 4) is 0 Å². The minimum Gasteiger partial charge on any atom is -0.469 e. The predicted molar refractivity (Wildman–Crippen MR) is 109 cm³/mol. The molecule has 27 heavy (non-hydrogen) atoms. The molecule has 138 valence electrons. The van der Waals surface area contributed by atoms with Crippen molar-refractivity contribution in [1.82, 2.24) is 14.7 Å². The van der Waals surface area contributed by atoms with Crippen LogP contribution in [0.2, 0.25) is 0 Å². The fraction of sp³-hybridized carbons (Fsp3) is 0.167. The molecule has 9 heteroatoms. The van der Waals surface area contributed by atoms with Gasteiger partial charge in [0.05, 0.1) is 30.0 Å². The third kappa shape index (κ3) is 3.62. The van der Waals surface area contributed by atoms with Crippen LogP contribution in [0.4, 0.5) is 0 Å². The molecule has 0 fully saturated rings. The van der Waals surface area contributed by atoms with E-state index in [4.69, 9.17) is 4.74 Å². The van der Waals surface area contributed by atoms with Crippen molar-refractivity contribution < 1.29 is 14.3 Å². The lowest BCUT2D eigenvalue weighted by molar-refractivity contribution is -0.141. The smallest absolute Gasteiger partial charge is 0.307 e. The van der Waals surface area contributed by atoms with Crippen LogP contribution in [0.25, 0.3) is 15.3 Å². The van der Waals surface area contributed by atoms with Crippen molar-refractivity contribution >= 4 is 65.8 Å². The highest BCUT2D eigenvalue weighted by molar-refractivity contribution is 9.10. The van der Waals surface area contributed by atoms with E-state index in [1.54, 1.807) is 11.3 Å². The lowest BCUT2D eigenvalue weighted by Crippen LogP contribution is -2.30. The van der Waals surface area contributed by atoms with Gasteiger partial charge in [-0.05, 0) is 23.8 Å². The number of thiazole rings is 1. The minimum absolute atomic E-state index is 0.0583. The molecule has 0 radical (unpaired) electrons. The largest absolute Gasteiger partial charge is 0.469 e. The van der Waals surface area contributed by atoms with Crippen LogP contribution in [0.5, 0.6) is 0 Å². The second kappa shape index (κ2) is 7.41. The number of ether oxygens (including phenoxy) is 1. The van der Waals surface area contributed by atoms with Gasteiger partial charge in [-0.15, -0.1) is 22.7 Å². The maximum Gasteiger partial charge on any atom is 0.307 e. The van der Waals surface area contributed by atoms with E-state index in [-0.39, 0.29) is 18.3 Å². The predicted octanol–water partition coefficient (Wildman–Crippen LogP) is 4.41. The molecule has 0 aliphatic rings. The number of nitrogens with zero attached hydrogens (tertiary/aromatic N) is 2. The molecule has 1 amide bonds. The maximum atomic E-state index is 12.8. The highest BCUT2D eigenvalue weighted by atomic mass is 79.9. The molecule has 0 bridgehead atoms. The maximum absolute atomic E-state index is 12.8. The van der Waals surface area contributed by atoms with Gasteiger partial charge in [-0.1, -0.05) is 28.1 Å². The van der Waals surface area contributed by atoms with Gasteiger partial charge in [-0.3, -0.25) is 14.0 Å². The van der Waals surface area contributed by atoms with Gasteiger partial charge in [0.15, 0.2) is 4.96 Å². The van der Waals surface area contributed by atoms with Crippen LogP contribution in [0.1, 0.15) is 27.7 Å². The first-order chi connectivity index (χ1) is 13.0. The molecule has 0 saturated heterocycles. The van der Waals surface area contributed by atoms with E-state index in [0.717, 1.165) is 25.3 Å². The third-order valence-corrected chi connectivity index (χ3v) is 6.44. The number of thiophene rings is 1. The Kier molecular flexibility index (Phi) is 4.98. The van der Waals surface area contributed by atoms with E-state index in [2.05, 4.69) is 26.2 Å². The quantitative estimate of drug-likeness (QED) is 0.445. The number of amides is 1. The van der Waals surface area contributed by atoms with Crippen molar-refractivity contribution in [3.05, 3.63) is 56.8 Å². The molecular weight excluding hydrogens is 450 g/mol. The van der Waals surface area contributed by atoms with Crippen LogP contribution in [0.3, 0.4) is 0 Å². The van der Waals surface area contributed by atoms with Gasteiger partial charge in [0.25, 0.3) is 5.91 Å². The standard InChI is InChI=1S/C18H14BrN3O3S2/c1-25-15(23)8-12(10-2-4-11(19)5-3-10)20-16(24)14-9-13-17(27-14)21-18-22(13)6-7-26-18/h2-7,9,12H,8H2,1H3,(H,20,24). The van der Waals surface area contributed by atoms with Crippen molar-refractivity contribution in [1.29, 1.82) is 0 Å². The molecule has 0 aliphatic carbocycles. The molecule has 1 aromatic carbocycles. The molecule has 4 rings (SSSR count). The number of imidazole rings is 1. The Morgan fingerprint density at radius 1 is 1.33 bits per heavy atom. The van der Waals surface area contributed by atoms with E-state index < -0.39 is 6.04 Å². The van der Waals surface area contributed by atoms with Crippen LogP contribution in [0.15, 0.2) is 46.4 Å². The first kappa shape index (κ1) is 18.1. The number of hydrogen-bond donors (Lipinski definition) is 1. The minimum atomic E-state index is -0.476. The number of rotatable bonds is 5. The number of benzene rings is 1. The molecule has 0 saturated carbocycles. The lowest BCUT2D eigenvalue weighted by Gasteiger charge is -2.18. The topological polar surface area (TPSA) is 72.7 Å². The highest BCUT2D eigenvalue weighted by Gasteiger charge is 2.22. The van der Waals surface area contributed by atoms with Gasteiger partial charge in [0, 0.05) is 16.0 Å². The molecule has 6 nitrogen and oxygen atoms in total. The van der Waals surface area contributed by atoms with E-state index >= 15 is 0 Å². The molecule has 0 aliphatic heterocycles. The van der Waals surface area contributed by atoms with Crippen molar-refractivity contribution in [3.63, 3.8) is 0 Å². The SMILES string of the molecule is COC(=O)CC(NC(=O)c1cc2c(nc3sccn32)s1)c1ccc(Br)cc1. The number of methoxy groups -OCH3 is 1. The fourth-order valence-corrected chi connectivity index (χ4v) is 4.75. The van der Waals surface area contributed by atoms with E-state index in [0.29, 0.717) is 4.88 Å². The van der Waals surface area contributed by atoms with Gasteiger partial charge < -0.3 is 10.1 Å². The van der Waals surface area contributed by atoms with E-state index in [1.807, 2.05) is 46.3 Å². The Bertz CT molecular complexity index is 1130. The van der Waals surface area contributed by atoms with Gasteiger partial charge in [-0.25, -0.2) is 4.98 Å². The number of nitrogens with one attached hydrogen (secondary N) is 1. The first-order valence-electron chi connectivity index (χ1n) is 8.03. The summed E-state index contributed by atoms with van der Waals surface area (Å²) in [5.74, 6) is -0.621. The molecule has 4 aromatic rings. The molecule has 0 spiro atoms. The Morgan fingerprint density at radius 3 is 2.85 bits per heavy atom. The van der Waals surface area contributed by atoms with Crippen LogP contribution < -0.4 is 5.32 Å². The van der Waals surface area contributed by atoms with Crippen LogP contribution in [-0.4, -0.2) is 28.4 Å². The van der Waals surface area contributed by atoms with E-state index in [9.17, 15) is 9.59 Å². The number of halogens is 1. The summed E-state index contributed by atoms with van der Waals surface area (Å²) in [5, 5.41) is 4.91. The average molecular weight is 464 g/mol. The monoisotopic (exact) mass is 463 g/mol. The van der Waals surface area contributed by atoms with Crippen LogP contribution in [-0.2, 0) is 9.53 Å². The summed E-state index contributed by atoms with van der Waals surface area (Å²) in [5.41, 5.74) is 1.75. The van der Waals surface area contributed by atoms with Crippen molar-refractivity contribution in [2.75, 3.05) is 7.11 Å². The Labute approximate surface area is 170 Å². The lowest BCUT2D eigenvalue weighted by atomic mass is 10.0. The molecule has 3 heterocycles. The number of hydrogen-bond acceptors (Lipinski definition) is 6. The number of carbonyl (C=O) groups is 2. The summed E-state index contributed by atoms with van der Waals surface area (Å²) >= 11 is 6.28. The number of fused-ring (bicyclic) bond motifs is 3. The van der Waals surface area contributed by atoms with Crippen LogP contribution >= 0.6 is 38.6 Å². The summed E-state index contributed by atoms with van der Waals surface area (Å²) in [6, 6.07) is 8.85. The zero-order valence-electron chi connectivity index (χ0n) is 14.1. The summed E-state index contributed by atoms with van der Waals surface area (Å²) in [6.45, 7) is 0. The Morgan fingerprint density at radius 2 is 2.11 bits per heavy atom. The zero-order valence-corrected chi connectivity index (χ0v) is 17.4. The second-order valence-electron chi connectivity index (χ2n) is 5.83. The summed E-state index contributed by atoms with van der Waals surface area (Å²) < 4.78 is 7.67. The number of esters is 1. The van der Waals surface area contributed by atoms with Gasteiger partial charge in [-0.2, -0.15) is 0 Å². The molecular formula is C18H14BrN3O3S2. The first-order valence-corrected chi connectivity index (χ1v) is 10.5.